The number of hydrogen-bond acceptors (Lipinski definition) is 8. The van der Waals surface area contributed by atoms with Crippen LogP contribution in [0.4, 0.5) is 0 Å². The summed E-state index contributed by atoms with van der Waals surface area (Å²) in [5.41, 5.74) is 1.89. The van der Waals surface area contributed by atoms with Crippen molar-refractivity contribution in [2.45, 2.75) is 39.0 Å². The van der Waals surface area contributed by atoms with Gasteiger partial charge in [0.2, 0.25) is 5.91 Å². The number of amides is 1. The second-order valence-corrected chi connectivity index (χ2v) is 9.08. The minimum atomic E-state index is -0.900. The molecule has 1 unspecified atom stereocenters. The molecular weight excluding hydrogens is 466 g/mol. The van der Waals surface area contributed by atoms with E-state index in [-0.39, 0.29) is 29.1 Å². The lowest BCUT2D eigenvalue weighted by Gasteiger charge is -2.44. The molecule has 0 bridgehead atoms. The maximum atomic E-state index is 12.7. The number of carbonyl (C=O) groups is 3. The van der Waals surface area contributed by atoms with Gasteiger partial charge in [-0.3, -0.25) is 14.6 Å². The summed E-state index contributed by atoms with van der Waals surface area (Å²) in [5, 5.41) is 31.0. The minimum absolute atomic E-state index is 0.0126. The number of rotatable bonds is 5. The van der Waals surface area contributed by atoms with Crippen molar-refractivity contribution in [3.8, 4) is 11.5 Å². The molecule has 10 heteroatoms. The van der Waals surface area contributed by atoms with Gasteiger partial charge in [-0.15, -0.1) is 0 Å². The largest absolute Gasteiger partial charge is 0.504 e. The van der Waals surface area contributed by atoms with Crippen molar-refractivity contribution in [1.82, 2.24) is 9.88 Å². The first-order chi connectivity index (χ1) is 17.1. The lowest BCUT2D eigenvalue weighted by atomic mass is 9.82. The molecule has 184 valence electrons. The summed E-state index contributed by atoms with van der Waals surface area (Å²) in [7, 11) is 0. The van der Waals surface area contributed by atoms with Crippen LogP contribution in [0.1, 0.15) is 31.5 Å². The summed E-state index contributed by atoms with van der Waals surface area (Å²) in [4.78, 5) is 42.6. The second-order valence-electron chi connectivity index (χ2n) is 9.08. The average Bonchev–Trinajstić information content (AvgIpc) is 3.15. The molecule has 3 aromatic rings. The van der Waals surface area contributed by atoms with Crippen LogP contribution in [0.2, 0.25) is 0 Å². The van der Waals surface area contributed by atoms with Crippen molar-refractivity contribution < 1.29 is 39.0 Å². The summed E-state index contributed by atoms with van der Waals surface area (Å²) in [5.74, 6) is -3.07. The van der Waals surface area contributed by atoms with Crippen LogP contribution in [0.5, 0.6) is 11.5 Å². The number of ether oxygens (including phenoxy) is 1. The highest BCUT2D eigenvalue weighted by Crippen LogP contribution is 2.47. The molecule has 5 rings (SSSR count). The maximum absolute atomic E-state index is 12.7. The Morgan fingerprint density at radius 2 is 1.92 bits per heavy atom. The SMILES string of the molecule is CC(=O)OC(=O)C1=C(c2ccc(C[n+]3ccc4cc(O)c(O)cc4c3)nc2)CC2[C@@H]([C@@H](C)O)C(=O)N12. The summed E-state index contributed by atoms with van der Waals surface area (Å²) in [6, 6.07) is 7.99. The summed E-state index contributed by atoms with van der Waals surface area (Å²) in [6.45, 7) is 3.08. The third kappa shape index (κ3) is 3.95. The predicted molar refractivity (Wildman–Crippen MR) is 125 cm³/mol. The van der Waals surface area contributed by atoms with Crippen molar-refractivity contribution in [1.29, 1.82) is 0 Å². The van der Waals surface area contributed by atoms with Crippen LogP contribution in [0.3, 0.4) is 0 Å². The number of phenolic OH excluding ortho intramolecular Hbond substituents is 2. The summed E-state index contributed by atoms with van der Waals surface area (Å²) >= 11 is 0. The molecule has 0 aliphatic carbocycles. The maximum Gasteiger partial charge on any atom is 0.363 e. The van der Waals surface area contributed by atoms with Crippen LogP contribution in [-0.4, -0.2) is 55.2 Å². The fourth-order valence-corrected chi connectivity index (χ4v) is 4.94. The van der Waals surface area contributed by atoms with E-state index in [4.69, 9.17) is 4.74 Å². The molecule has 1 aromatic carbocycles. The highest BCUT2D eigenvalue weighted by Gasteiger charge is 2.57. The zero-order valence-corrected chi connectivity index (χ0v) is 19.6. The van der Waals surface area contributed by atoms with Gasteiger partial charge in [0.25, 0.3) is 0 Å². The van der Waals surface area contributed by atoms with Gasteiger partial charge in [0.15, 0.2) is 30.4 Å². The van der Waals surface area contributed by atoms with E-state index in [0.717, 1.165) is 23.4 Å². The fraction of sp³-hybridized carbons (Fsp3) is 0.269. The van der Waals surface area contributed by atoms with Gasteiger partial charge in [0.05, 0.1) is 18.1 Å². The Kier molecular flexibility index (Phi) is 5.68. The number of aromatic nitrogens is 2. The number of hydrogen-bond donors (Lipinski definition) is 3. The number of benzene rings is 1. The molecule has 0 saturated carbocycles. The van der Waals surface area contributed by atoms with E-state index in [2.05, 4.69) is 4.98 Å². The zero-order chi connectivity index (χ0) is 25.7. The number of nitrogens with zero attached hydrogens (tertiary/aromatic N) is 3. The highest BCUT2D eigenvalue weighted by atomic mass is 16.6. The van der Waals surface area contributed by atoms with Crippen LogP contribution in [-0.2, 0) is 25.7 Å². The quantitative estimate of drug-likeness (QED) is 0.160. The Hall–Kier alpha value is -4.31. The molecule has 0 spiro atoms. The van der Waals surface area contributed by atoms with Crippen LogP contribution in [0.15, 0.2) is 54.6 Å². The number of aromatic hydroxyl groups is 2. The molecule has 36 heavy (non-hydrogen) atoms. The van der Waals surface area contributed by atoms with Crippen molar-refractivity contribution in [2.24, 2.45) is 5.92 Å². The van der Waals surface area contributed by atoms with Crippen molar-refractivity contribution >= 4 is 34.2 Å². The number of pyridine rings is 2. The number of esters is 2. The van der Waals surface area contributed by atoms with E-state index in [1.54, 1.807) is 18.3 Å². The van der Waals surface area contributed by atoms with Gasteiger partial charge < -0.3 is 25.0 Å². The number of carbonyl (C=O) groups excluding carboxylic acids is 3. The van der Waals surface area contributed by atoms with E-state index in [9.17, 15) is 29.7 Å². The molecule has 0 radical (unpaired) electrons. The monoisotopic (exact) mass is 490 g/mol. The van der Waals surface area contributed by atoms with E-state index >= 15 is 0 Å². The first kappa shape index (κ1) is 23.4. The highest BCUT2D eigenvalue weighted by molar-refractivity contribution is 6.09. The van der Waals surface area contributed by atoms with Gasteiger partial charge in [-0.1, -0.05) is 6.07 Å². The number of fused-ring (bicyclic) bond motifs is 2. The molecule has 2 aliphatic heterocycles. The van der Waals surface area contributed by atoms with E-state index < -0.39 is 24.0 Å². The number of aliphatic hydroxyl groups is 1. The molecule has 1 fully saturated rings. The van der Waals surface area contributed by atoms with E-state index in [1.807, 2.05) is 23.0 Å². The van der Waals surface area contributed by atoms with Gasteiger partial charge in [0.1, 0.15) is 11.4 Å². The van der Waals surface area contributed by atoms with Crippen molar-refractivity contribution in [2.75, 3.05) is 0 Å². The second kappa shape index (κ2) is 8.72. The molecule has 4 heterocycles. The summed E-state index contributed by atoms with van der Waals surface area (Å²) in [6.07, 6.45) is 4.72. The van der Waals surface area contributed by atoms with Crippen LogP contribution < -0.4 is 4.57 Å². The van der Waals surface area contributed by atoms with Gasteiger partial charge >= 0.3 is 11.9 Å². The minimum Gasteiger partial charge on any atom is -0.504 e. The fourth-order valence-electron chi connectivity index (χ4n) is 4.94. The van der Waals surface area contributed by atoms with E-state index in [0.29, 0.717) is 24.1 Å². The molecule has 1 amide bonds. The molecular formula is C26H24N3O7+. The third-order valence-electron chi connectivity index (χ3n) is 6.61. The Morgan fingerprint density at radius 1 is 1.19 bits per heavy atom. The average molecular weight is 490 g/mol. The van der Waals surface area contributed by atoms with E-state index in [1.165, 1.54) is 24.0 Å². The van der Waals surface area contributed by atoms with Crippen molar-refractivity contribution in [3.05, 3.63) is 65.9 Å². The first-order valence-electron chi connectivity index (χ1n) is 11.4. The number of aliphatic hydroxyl groups excluding tert-OH is 1. The Bertz CT molecular complexity index is 1450. The van der Waals surface area contributed by atoms with Gasteiger partial charge in [-0.05, 0) is 48.1 Å². The van der Waals surface area contributed by atoms with Crippen LogP contribution >= 0.6 is 0 Å². The predicted octanol–water partition coefficient (Wildman–Crippen LogP) is 1.39. The van der Waals surface area contributed by atoms with Gasteiger partial charge in [-0.2, -0.15) is 4.57 Å². The smallest absolute Gasteiger partial charge is 0.363 e. The Labute approximate surface area is 205 Å². The molecule has 3 N–H and O–H groups in total. The topological polar surface area (TPSA) is 141 Å². The Morgan fingerprint density at radius 3 is 2.56 bits per heavy atom. The lowest BCUT2D eigenvalue weighted by molar-refractivity contribution is -0.687. The first-order valence-corrected chi connectivity index (χ1v) is 11.4. The van der Waals surface area contributed by atoms with Gasteiger partial charge in [-0.25, -0.2) is 4.79 Å². The van der Waals surface area contributed by atoms with Crippen LogP contribution in [0.25, 0.3) is 16.3 Å². The Balaban J connectivity index is 1.42. The molecule has 2 aromatic heterocycles. The lowest BCUT2D eigenvalue weighted by Crippen LogP contribution is -2.61. The summed E-state index contributed by atoms with van der Waals surface area (Å²) < 4.78 is 6.67. The zero-order valence-electron chi connectivity index (χ0n) is 19.6. The third-order valence-corrected chi connectivity index (χ3v) is 6.61. The van der Waals surface area contributed by atoms with Crippen LogP contribution in [0, 0.1) is 5.92 Å². The normalized spacial score (nSPS) is 19.8. The van der Waals surface area contributed by atoms with Gasteiger partial charge in [0, 0.05) is 24.6 Å². The molecule has 1 saturated heterocycles. The molecule has 3 atom stereocenters. The molecule has 2 aliphatic rings. The number of β-lactam (4-membered cyclic amide) rings is 1. The standard InChI is InChI=1S/C26H23N3O7/c1-13(30)23-20-9-19(24(29(20)25(23)34)26(35)36-14(2)31)16-3-4-18(27-10-16)12-28-6-5-15-7-21(32)22(33)8-17(15)11-28/h3-8,10-11,13,20,23,30,33H,9,12H2,1-2H3/p+1/t13-,20?,23-/m1/s1. The molecule has 10 nitrogen and oxygen atoms in total. The van der Waals surface area contributed by atoms with Crippen molar-refractivity contribution in [3.63, 3.8) is 0 Å². The number of phenols is 2.